The van der Waals surface area contributed by atoms with Gasteiger partial charge in [0.25, 0.3) is 0 Å². The van der Waals surface area contributed by atoms with E-state index in [1.807, 2.05) is 6.92 Å². The van der Waals surface area contributed by atoms with Crippen LogP contribution in [0.25, 0.3) is 0 Å². The highest BCUT2D eigenvalue weighted by Gasteiger charge is 2.13. The van der Waals surface area contributed by atoms with Gasteiger partial charge in [-0.2, -0.15) is 0 Å². The summed E-state index contributed by atoms with van der Waals surface area (Å²) in [5.74, 6) is 0.938. The van der Waals surface area contributed by atoms with Crippen LogP contribution in [0.5, 0.6) is 0 Å². The molecule has 14 heavy (non-hydrogen) atoms. The highest BCUT2D eigenvalue weighted by Crippen LogP contribution is 2.15. The molecule has 78 valence electrons. The van der Waals surface area contributed by atoms with E-state index in [-0.39, 0.29) is 0 Å². The Morgan fingerprint density at radius 1 is 1.36 bits per heavy atom. The van der Waals surface area contributed by atoms with Crippen LogP contribution < -0.4 is 10.6 Å². The molecule has 0 spiro atoms. The van der Waals surface area contributed by atoms with Gasteiger partial charge in [-0.15, -0.1) is 0 Å². The first-order chi connectivity index (χ1) is 6.66. The van der Waals surface area contributed by atoms with Gasteiger partial charge in [0.2, 0.25) is 0 Å². The van der Waals surface area contributed by atoms with Crippen molar-refractivity contribution in [2.75, 3.05) is 18.0 Å². The van der Waals surface area contributed by atoms with Gasteiger partial charge >= 0.3 is 0 Å². The van der Waals surface area contributed by atoms with Gasteiger partial charge in [-0.1, -0.05) is 0 Å². The Morgan fingerprint density at radius 2 is 2.00 bits per heavy atom. The number of hydrogen-bond acceptors (Lipinski definition) is 4. The van der Waals surface area contributed by atoms with E-state index in [2.05, 4.69) is 28.7 Å². The average Bonchev–Trinajstić information content (AvgIpc) is 2.15. The number of aromatic nitrogens is 2. The number of nitrogens with two attached hydrogens (primary N) is 1. The fourth-order valence-corrected chi connectivity index (χ4v) is 1.43. The lowest BCUT2D eigenvalue weighted by molar-refractivity contribution is 0.669. The SMILES string of the molecule is Cc1nccnc1N(CCN)C(C)C. The molecule has 0 saturated carbocycles. The Labute approximate surface area is 85.2 Å². The number of hydrogen-bond donors (Lipinski definition) is 1. The van der Waals surface area contributed by atoms with Gasteiger partial charge in [0.1, 0.15) is 5.82 Å². The minimum Gasteiger partial charge on any atom is -0.351 e. The van der Waals surface area contributed by atoms with Crippen LogP contribution in [0.2, 0.25) is 0 Å². The molecule has 1 rings (SSSR count). The first-order valence-electron chi connectivity index (χ1n) is 4.91. The molecule has 0 amide bonds. The predicted molar refractivity (Wildman–Crippen MR) is 58.3 cm³/mol. The molecule has 0 atom stereocenters. The molecule has 0 aromatic carbocycles. The summed E-state index contributed by atoms with van der Waals surface area (Å²) in [7, 11) is 0. The lowest BCUT2D eigenvalue weighted by atomic mass is 10.3. The molecule has 2 N–H and O–H groups in total. The van der Waals surface area contributed by atoms with E-state index >= 15 is 0 Å². The third-order valence-electron chi connectivity index (χ3n) is 2.12. The molecule has 0 aliphatic rings. The van der Waals surface area contributed by atoms with Crippen LogP contribution in [0.4, 0.5) is 5.82 Å². The summed E-state index contributed by atoms with van der Waals surface area (Å²) in [6, 6.07) is 0.397. The molecule has 0 aliphatic carbocycles. The molecule has 0 saturated heterocycles. The molecule has 0 fully saturated rings. The van der Waals surface area contributed by atoms with Crippen LogP contribution >= 0.6 is 0 Å². The zero-order chi connectivity index (χ0) is 10.6. The highest BCUT2D eigenvalue weighted by molar-refractivity contribution is 5.43. The summed E-state index contributed by atoms with van der Waals surface area (Å²) in [6.45, 7) is 7.67. The fourth-order valence-electron chi connectivity index (χ4n) is 1.43. The van der Waals surface area contributed by atoms with Gasteiger partial charge in [0.15, 0.2) is 0 Å². The average molecular weight is 194 g/mol. The lowest BCUT2D eigenvalue weighted by Crippen LogP contribution is -2.36. The van der Waals surface area contributed by atoms with Crippen molar-refractivity contribution in [2.45, 2.75) is 26.8 Å². The molecule has 4 nitrogen and oxygen atoms in total. The maximum atomic E-state index is 5.56. The minimum atomic E-state index is 0.397. The normalized spacial score (nSPS) is 10.6. The van der Waals surface area contributed by atoms with Crippen LogP contribution in [0, 0.1) is 6.92 Å². The zero-order valence-corrected chi connectivity index (χ0v) is 9.07. The first kappa shape index (κ1) is 10.9. The van der Waals surface area contributed by atoms with Gasteiger partial charge in [-0.25, -0.2) is 4.98 Å². The molecule has 1 aromatic heterocycles. The van der Waals surface area contributed by atoms with E-state index in [0.717, 1.165) is 18.1 Å². The molecular formula is C10H18N4. The molecule has 0 radical (unpaired) electrons. The summed E-state index contributed by atoms with van der Waals surface area (Å²) in [4.78, 5) is 10.7. The second-order valence-corrected chi connectivity index (χ2v) is 3.54. The second-order valence-electron chi connectivity index (χ2n) is 3.54. The van der Waals surface area contributed by atoms with Crippen molar-refractivity contribution >= 4 is 5.82 Å². The third-order valence-corrected chi connectivity index (χ3v) is 2.12. The van der Waals surface area contributed by atoms with Gasteiger partial charge in [-0.05, 0) is 20.8 Å². The Bertz CT molecular complexity index is 285. The Hall–Kier alpha value is -1.16. The predicted octanol–water partition coefficient (Wildman–Crippen LogP) is 0.959. The minimum absolute atomic E-state index is 0.397. The van der Waals surface area contributed by atoms with E-state index in [9.17, 15) is 0 Å². The smallest absolute Gasteiger partial charge is 0.150 e. The van der Waals surface area contributed by atoms with E-state index in [0.29, 0.717) is 12.6 Å². The Kier molecular flexibility index (Phi) is 3.83. The number of aryl methyl sites for hydroxylation is 1. The van der Waals surface area contributed by atoms with Crippen molar-refractivity contribution in [1.82, 2.24) is 9.97 Å². The second kappa shape index (κ2) is 4.91. The quantitative estimate of drug-likeness (QED) is 0.775. The van der Waals surface area contributed by atoms with Crippen LogP contribution in [0.3, 0.4) is 0 Å². The van der Waals surface area contributed by atoms with E-state index in [4.69, 9.17) is 5.73 Å². The summed E-state index contributed by atoms with van der Waals surface area (Å²) < 4.78 is 0. The van der Waals surface area contributed by atoms with Crippen molar-refractivity contribution in [3.05, 3.63) is 18.1 Å². The molecule has 1 aromatic rings. The molecule has 0 aliphatic heterocycles. The summed E-state index contributed by atoms with van der Waals surface area (Å²) in [6.07, 6.45) is 3.42. The van der Waals surface area contributed by atoms with Crippen LogP contribution in [0.1, 0.15) is 19.5 Å². The summed E-state index contributed by atoms with van der Waals surface area (Å²) >= 11 is 0. The van der Waals surface area contributed by atoms with Crippen LogP contribution in [-0.2, 0) is 0 Å². The lowest BCUT2D eigenvalue weighted by Gasteiger charge is -2.27. The van der Waals surface area contributed by atoms with Gasteiger partial charge in [-0.3, -0.25) is 4.98 Å². The summed E-state index contributed by atoms with van der Waals surface area (Å²) in [5, 5.41) is 0. The van der Waals surface area contributed by atoms with Crippen molar-refractivity contribution in [3.63, 3.8) is 0 Å². The third kappa shape index (κ3) is 2.42. The fraction of sp³-hybridized carbons (Fsp3) is 0.600. The zero-order valence-electron chi connectivity index (χ0n) is 9.07. The standard InChI is InChI=1S/C10H18N4/c1-8(2)14(7-4-11)10-9(3)12-5-6-13-10/h5-6,8H,4,7,11H2,1-3H3. The topological polar surface area (TPSA) is 55.0 Å². The monoisotopic (exact) mass is 194 g/mol. The van der Waals surface area contributed by atoms with Gasteiger partial charge < -0.3 is 10.6 Å². The van der Waals surface area contributed by atoms with Crippen LogP contribution in [-0.4, -0.2) is 29.1 Å². The van der Waals surface area contributed by atoms with Crippen molar-refractivity contribution in [1.29, 1.82) is 0 Å². The molecule has 0 unspecified atom stereocenters. The Morgan fingerprint density at radius 3 is 2.50 bits per heavy atom. The molecule has 0 bridgehead atoms. The maximum Gasteiger partial charge on any atom is 0.150 e. The Balaban J connectivity index is 2.93. The van der Waals surface area contributed by atoms with E-state index in [1.165, 1.54) is 0 Å². The first-order valence-corrected chi connectivity index (χ1v) is 4.91. The van der Waals surface area contributed by atoms with Crippen molar-refractivity contribution < 1.29 is 0 Å². The number of rotatable bonds is 4. The number of anilines is 1. The van der Waals surface area contributed by atoms with Crippen molar-refractivity contribution in [3.8, 4) is 0 Å². The molecular weight excluding hydrogens is 176 g/mol. The maximum absolute atomic E-state index is 5.56. The van der Waals surface area contributed by atoms with Crippen LogP contribution in [0.15, 0.2) is 12.4 Å². The van der Waals surface area contributed by atoms with Gasteiger partial charge in [0.05, 0.1) is 5.69 Å². The van der Waals surface area contributed by atoms with Crippen molar-refractivity contribution in [2.24, 2.45) is 5.73 Å². The largest absolute Gasteiger partial charge is 0.351 e. The van der Waals surface area contributed by atoms with E-state index < -0.39 is 0 Å². The van der Waals surface area contributed by atoms with E-state index in [1.54, 1.807) is 12.4 Å². The summed E-state index contributed by atoms with van der Waals surface area (Å²) in [5.41, 5.74) is 6.52. The molecule has 1 heterocycles. The highest BCUT2D eigenvalue weighted by atomic mass is 15.2. The molecule has 4 heteroatoms. The number of nitrogens with zero attached hydrogens (tertiary/aromatic N) is 3. The van der Waals surface area contributed by atoms with Gasteiger partial charge in [0, 0.05) is 31.5 Å².